The van der Waals surface area contributed by atoms with E-state index in [-0.39, 0.29) is 11.8 Å². The zero-order valence-electron chi connectivity index (χ0n) is 11.9. The number of nitrogens with two attached hydrogens (primary N) is 1. The van der Waals surface area contributed by atoms with E-state index < -0.39 is 5.54 Å². The molecule has 3 heteroatoms. The van der Waals surface area contributed by atoms with Gasteiger partial charge in [-0.15, -0.1) is 0 Å². The fraction of sp³-hybridized carbons (Fsp3) is 0.929. The molecule has 0 aromatic rings. The number of hydrogen-bond acceptors (Lipinski definition) is 2. The quantitative estimate of drug-likeness (QED) is 0.792. The number of rotatable bonds is 4. The van der Waals surface area contributed by atoms with Crippen LogP contribution in [0.4, 0.5) is 0 Å². The molecule has 1 aliphatic carbocycles. The Morgan fingerprint density at radius 2 is 1.71 bits per heavy atom. The van der Waals surface area contributed by atoms with E-state index in [1.54, 1.807) is 0 Å². The van der Waals surface area contributed by atoms with Crippen LogP contribution >= 0.6 is 0 Å². The van der Waals surface area contributed by atoms with E-state index in [0.29, 0.717) is 6.04 Å². The van der Waals surface area contributed by atoms with Gasteiger partial charge in [-0.2, -0.15) is 0 Å². The monoisotopic (exact) mass is 240 g/mol. The van der Waals surface area contributed by atoms with Crippen molar-refractivity contribution in [3.8, 4) is 0 Å². The van der Waals surface area contributed by atoms with Gasteiger partial charge in [0.15, 0.2) is 0 Å². The van der Waals surface area contributed by atoms with Crippen molar-refractivity contribution in [3.05, 3.63) is 0 Å². The highest BCUT2D eigenvalue weighted by Crippen LogP contribution is 2.30. The van der Waals surface area contributed by atoms with E-state index >= 15 is 0 Å². The molecule has 1 saturated carbocycles. The van der Waals surface area contributed by atoms with Crippen molar-refractivity contribution >= 4 is 5.91 Å². The number of primary amides is 1. The lowest BCUT2D eigenvalue weighted by atomic mass is 9.78. The normalized spacial score (nSPS) is 33.4. The SMILES string of the molecule is CC1CC(C)CC(NC(C)(C(N)=O)C(C)C)C1. The minimum absolute atomic E-state index is 0.215. The summed E-state index contributed by atoms with van der Waals surface area (Å²) in [6.07, 6.45) is 3.60. The van der Waals surface area contributed by atoms with Crippen LogP contribution in [0, 0.1) is 17.8 Å². The highest BCUT2D eigenvalue weighted by Gasteiger charge is 2.38. The van der Waals surface area contributed by atoms with E-state index in [1.165, 1.54) is 6.42 Å². The van der Waals surface area contributed by atoms with Gasteiger partial charge in [0.25, 0.3) is 0 Å². The maximum Gasteiger partial charge on any atom is 0.237 e. The summed E-state index contributed by atoms with van der Waals surface area (Å²) in [5.41, 5.74) is 4.98. The minimum atomic E-state index is -0.582. The maximum atomic E-state index is 11.7. The fourth-order valence-electron chi connectivity index (χ4n) is 3.01. The Balaban J connectivity index is 2.71. The molecule has 0 aromatic heterocycles. The molecule has 1 rings (SSSR count). The third kappa shape index (κ3) is 3.44. The van der Waals surface area contributed by atoms with E-state index in [4.69, 9.17) is 5.73 Å². The Morgan fingerprint density at radius 1 is 1.24 bits per heavy atom. The first-order chi connectivity index (χ1) is 7.75. The van der Waals surface area contributed by atoms with Crippen molar-refractivity contribution < 1.29 is 4.79 Å². The summed E-state index contributed by atoms with van der Waals surface area (Å²) in [5, 5.41) is 3.52. The second kappa shape index (κ2) is 5.38. The lowest BCUT2D eigenvalue weighted by molar-refractivity contribution is -0.126. The first-order valence-electron chi connectivity index (χ1n) is 6.83. The Hall–Kier alpha value is -0.570. The lowest BCUT2D eigenvalue weighted by Crippen LogP contribution is -2.60. The van der Waals surface area contributed by atoms with Crippen LogP contribution in [-0.4, -0.2) is 17.5 Å². The van der Waals surface area contributed by atoms with Crippen LogP contribution in [0.5, 0.6) is 0 Å². The molecule has 0 radical (unpaired) electrons. The van der Waals surface area contributed by atoms with Crippen LogP contribution in [0.3, 0.4) is 0 Å². The molecule has 0 heterocycles. The van der Waals surface area contributed by atoms with Crippen LogP contribution < -0.4 is 11.1 Å². The van der Waals surface area contributed by atoms with Crippen molar-refractivity contribution in [3.63, 3.8) is 0 Å². The Labute approximate surface area is 106 Å². The van der Waals surface area contributed by atoms with Gasteiger partial charge in [0, 0.05) is 6.04 Å². The third-order valence-corrected chi connectivity index (χ3v) is 4.35. The summed E-state index contributed by atoms with van der Waals surface area (Å²) < 4.78 is 0. The summed E-state index contributed by atoms with van der Waals surface area (Å²) in [6.45, 7) is 10.6. The highest BCUT2D eigenvalue weighted by molar-refractivity contribution is 5.84. The second-order valence-electron chi connectivity index (χ2n) is 6.48. The summed E-state index contributed by atoms with van der Waals surface area (Å²) in [6, 6.07) is 0.425. The summed E-state index contributed by atoms with van der Waals surface area (Å²) in [7, 11) is 0. The number of hydrogen-bond donors (Lipinski definition) is 2. The first-order valence-corrected chi connectivity index (χ1v) is 6.83. The molecule has 3 nitrogen and oxygen atoms in total. The van der Waals surface area contributed by atoms with Gasteiger partial charge >= 0.3 is 0 Å². The molecule has 0 aliphatic heterocycles. The zero-order chi connectivity index (χ0) is 13.2. The zero-order valence-corrected chi connectivity index (χ0v) is 11.9. The van der Waals surface area contributed by atoms with Gasteiger partial charge in [-0.3, -0.25) is 4.79 Å². The van der Waals surface area contributed by atoms with Gasteiger partial charge in [-0.05, 0) is 43.9 Å². The molecule has 1 amide bonds. The minimum Gasteiger partial charge on any atom is -0.368 e. The molecule has 0 saturated heterocycles. The van der Waals surface area contributed by atoms with Crippen molar-refractivity contribution in [2.24, 2.45) is 23.5 Å². The number of carbonyl (C=O) groups excluding carboxylic acids is 1. The smallest absolute Gasteiger partial charge is 0.237 e. The topological polar surface area (TPSA) is 55.1 Å². The van der Waals surface area contributed by atoms with Crippen LogP contribution in [0.1, 0.15) is 53.9 Å². The molecule has 3 unspecified atom stereocenters. The number of amides is 1. The first kappa shape index (κ1) is 14.5. The van der Waals surface area contributed by atoms with E-state index in [0.717, 1.165) is 24.7 Å². The highest BCUT2D eigenvalue weighted by atomic mass is 16.1. The number of nitrogens with one attached hydrogen (secondary N) is 1. The molecule has 0 bridgehead atoms. The fourth-order valence-corrected chi connectivity index (χ4v) is 3.01. The molecular formula is C14H28N2O. The van der Waals surface area contributed by atoms with E-state index in [2.05, 4.69) is 19.2 Å². The summed E-state index contributed by atoms with van der Waals surface area (Å²) in [5.74, 6) is 1.45. The van der Waals surface area contributed by atoms with E-state index in [1.807, 2.05) is 20.8 Å². The van der Waals surface area contributed by atoms with Gasteiger partial charge in [-0.1, -0.05) is 27.7 Å². The Bertz CT molecular complexity index is 267. The van der Waals surface area contributed by atoms with Crippen molar-refractivity contribution in [1.29, 1.82) is 0 Å². The Kier molecular flexibility index (Phi) is 4.59. The maximum absolute atomic E-state index is 11.7. The molecule has 17 heavy (non-hydrogen) atoms. The molecular weight excluding hydrogens is 212 g/mol. The van der Waals surface area contributed by atoms with Gasteiger partial charge in [0.1, 0.15) is 0 Å². The molecule has 3 atom stereocenters. The lowest BCUT2D eigenvalue weighted by Gasteiger charge is -2.40. The van der Waals surface area contributed by atoms with Crippen LogP contribution in [0.25, 0.3) is 0 Å². The number of carbonyl (C=O) groups is 1. The molecule has 1 aliphatic rings. The predicted octanol–water partition coefficient (Wildman–Crippen LogP) is 2.30. The Morgan fingerprint density at radius 3 is 2.06 bits per heavy atom. The third-order valence-electron chi connectivity index (χ3n) is 4.35. The van der Waals surface area contributed by atoms with Gasteiger partial charge in [0.2, 0.25) is 5.91 Å². The standard InChI is InChI=1S/C14H28N2O/c1-9(2)14(5,13(15)17)16-12-7-10(3)6-11(4)8-12/h9-12,16H,6-8H2,1-5H3,(H2,15,17). The predicted molar refractivity (Wildman–Crippen MR) is 71.5 cm³/mol. The van der Waals surface area contributed by atoms with Crippen molar-refractivity contribution in [2.75, 3.05) is 0 Å². The molecule has 1 fully saturated rings. The van der Waals surface area contributed by atoms with Crippen LogP contribution in [-0.2, 0) is 4.79 Å². The summed E-state index contributed by atoms with van der Waals surface area (Å²) in [4.78, 5) is 11.7. The molecule has 100 valence electrons. The van der Waals surface area contributed by atoms with Crippen LogP contribution in [0.2, 0.25) is 0 Å². The van der Waals surface area contributed by atoms with Crippen molar-refractivity contribution in [2.45, 2.75) is 65.5 Å². The molecule has 0 aromatic carbocycles. The molecule has 3 N–H and O–H groups in total. The van der Waals surface area contributed by atoms with Gasteiger partial charge in [0.05, 0.1) is 5.54 Å². The van der Waals surface area contributed by atoms with Gasteiger partial charge in [-0.25, -0.2) is 0 Å². The van der Waals surface area contributed by atoms with Crippen molar-refractivity contribution in [1.82, 2.24) is 5.32 Å². The average Bonchev–Trinajstić information content (AvgIpc) is 2.14. The average molecular weight is 240 g/mol. The summed E-state index contributed by atoms with van der Waals surface area (Å²) >= 11 is 0. The molecule has 0 spiro atoms. The second-order valence-corrected chi connectivity index (χ2v) is 6.48. The van der Waals surface area contributed by atoms with E-state index in [9.17, 15) is 4.79 Å². The largest absolute Gasteiger partial charge is 0.368 e. The van der Waals surface area contributed by atoms with Gasteiger partial charge < -0.3 is 11.1 Å². The van der Waals surface area contributed by atoms with Crippen LogP contribution in [0.15, 0.2) is 0 Å².